The maximum Gasteiger partial charge on any atom is 0.263 e. The van der Waals surface area contributed by atoms with E-state index >= 15 is 0 Å². The molecule has 5 heteroatoms. The van der Waals surface area contributed by atoms with Crippen LogP contribution in [0.3, 0.4) is 0 Å². The van der Waals surface area contributed by atoms with E-state index in [-0.39, 0.29) is 5.91 Å². The van der Waals surface area contributed by atoms with E-state index < -0.39 is 18.0 Å². The first-order valence-corrected chi connectivity index (χ1v) is 7.42. The Balaban J connectivity index is 2.08. The van der Waals surface area contributed by atoms with Crippen LogP contribution < -0.4 is 4.74 Å². The Kier molecular flexibility index (Phi) is 5.17. The maximum atomic E-state index is 13.3. The number of halogens is 1. The number of nitrogens with zero attached hydrogens (tertiary/aromatic N) is 1. The predicted octanol–water partition coefficient (Wildman–Crippen LogP) is 2.66. The van der Waals surface area contributed by atoms with Crippen molar-refractivity contribution in [1.29, 1.82) is 0 Å². The van der Waals surface area contributed by atoms with Crippen LogP contribution in [0.1, 0.15) is 44.8 Å². The molecule has 116 valence electrons. The quantitative estimate of drug-likeness (QED) is 0.929. The first-order valence-electron chi connectivity index (χ1n) is 7.42. The Morgan fingerprint density at radius 1 is 1.29 bits per heavy atom. The van der Waals surface area contributed by atoms with E-state index in [2.05, 4.69) is 0 Å². The molecule has 0 bridgehead atoms. The van der Waals surface area contributed by atoms with E-state index in [0.29, 0.717) is 11.3 Å². The van der Waals surface area contributed by atoms with E-state index in [4.69, 9.17) is 4.74 Å². The molecular formula is C16H22FNO3. The zero-order valence-corrected chi connectivity index (χ0v) is 12.5. The van der Waals surface area contributed by atoms with Gasteiger partial charge in [-0.2, -0.15) is 0 Å². The molecule has 1 fully saturated rings. The SMILES string of the molecule is CC(Oc1ccc(F)cc1C(C)O)C(=O)N1CCCCC1. The van der Waals surface area contributed by atoms with Crippen molar-refractivity contribution >= 4 is 5.91 Å². The number of piperidine rings is 1. The smallest absolute Gasteiger partial charge is 0.263 e. The second kappa shape index (κ2) is 6.89. The monoisotopic (exact) mass is 295 g/mol. The third kappa shape index (κ3) is 3.94. The summed E-state index contributed by atoms with van der Waals surface area (Å²) in [4.78, 5) is 14.1. The Bertz CT molecular complexity index is 498. The van der Waals surface area contributed by atoms with Crippen LogP contribution >= 0.6 is 0 Å². The van der Waals surface area contributed by atoms with Gasteiger partial charge in [-0.15, -0.1) is 0 Å². The molecule has 1 N–H and O–H groups in total. The lowest BCUT2D eigenvalue weighted by Crippen LogP contribution is -2.43. The molecule has 1 aliphatic heterocycles. The topological polar surface area (TPSA) is 49.8 Å². The number of aliphatic hydroxyl groups is 1. The van der Waals surface area contributed by atoms with Gasteiger partial charge in [0.1, 0.15) is 11.6 Å². The molecule has 1 aromatic rings. The second-order valence-electron chi connectivity index (χ2n) is 5.50. The summed E-state index contributed by atoms with van der Waals surface area (Å²) in [6, 6.07) is 3.95. The van der Waals surface area contributed by atoms with Crippen molar-refractivity contribution in [2.45, 2.75) is 45.3 Å². The van der Waals surface area contributed by atoms with Gasteiger partial charge in [0.15, 0.2) is 6.10 Å². The van der Waals surface area contributed by atoms with E-state index in [1.54, 1.807) is 18.7 Å². The molecule has 1 aromatic carbocycles. The van der Waals surface area contributed by atoms with Gasteiger partial charge >= 0.3 is 0 Å². The molecule has 0 saturated carbocycles. The number of hydrogen-bond donors (Lipinski definition) is 1. The normalized spacial score (nSPS) is 18.2. The number of amides is 1. The fourth-order valence-electron chi connectivity index (χ4n) is 2.57. The third-order valence-electron chi connectivity index (χ3n) is 3.74. The van der Waals surface area contributed by atoms with E-state index in [1.165, 1.54) is 18.2 Å². The van der Waals surface area contributed by atoms with Gasteiger partial charge in [0.25, 0.3) is 5.91 Å². The van der Waals surface area contributed by atoms with E-state index in [1.807, 2.05) is 0 Å². The number of aliphatic hydroxyl groups excluding tert-OH is 1. The number of ether oxygens (including phenoxy) is 1. The minimum absolute atomic E-state index is 0.0597. The molecule has 2 unspecified atom stereocenters. The first-order chi connectivity index (χ1) is 9.99. The summed E-state index contributed by atoms with van der Waals surface area (Å²) >= 11 is 0. The molecule has 21 heavy (non-hydrogen) atoms. The van der Waals surface area contributed by atoms with Crippen LogP contribution in [0.5, 0.6) is 5.75 Å². The molecule has 0 radical (unpaired) electrons. The van der Waals surface area contributed by atoms with E-state index in [9.17, 15) is 14.3 Å². The van der Waals surface area contributed by atoms with Crippen molar-refractivity contribution in [3.05, 3.63) is 29.6 Å². The number of likely N-dealkylation sites (tertiary alicyclic amines) is 1. The van der Waals surface area contributed by atoms with Crippen LogP contribution in [-0.2, 0) is 4.79 Å². The molecule has 2 rings (SSSR count). The van der Waals surface area contributed by atoms with Crippen LogP contribution in [0.25, 0.3) is 0 Å². The number of benzene rings is 1. The fourth-order valence-corrected chi connectivity index (χ4v) is 2.57. The van der Waals surface area contributed by atoms with Gasteiger partial charge in [0.2, 0.25) is 0 Å². The number of carbonyl (C=O) groups excluding carboxylic acids is 1. The maximum absolute atomic E-state index is 13.3. The lowest BCUT2D eigenvalue weighted by Gasteiger charge is -2.29. The van der Waals surface area contributed by atoms with Gasteiger partial charge in [0, 0.05) is 18.7 Å². The van der Waals surface area contributed by atoms with Crippen molar-refractivity contribution in [2.75, 3.05) is 13.1 Å². The van der Waals surface area contributed by atoms with Gasteiger partial charge in [-0.3, -0.25) is 4.79 Å². The van der Waals surface area contributed by atoms with Gasteiger partial charge in [-0.25, -0.2) is 4.39 Å². The molecule has 1 aliphatic rings. The summed E-state index contributed by atoms with van der Waals surface area (Å²) < 4.78 is 18.9. The molecule has 0 aromatic heterocycles. The van der Waals surface area contributed by atoms with Crippen LogP contribution in [0.15, 0.2) is 18.2 Å². The highest BCUT2D eigenvalue weighted by molar-refractivity contribution is 5.81. The van der Waals surface area contributed by atoms with Gasteiger partial charge < -0.3 is 14.7 Å². The van der Waals surface area contributed by atoms with Crippen LogP contribution in [0, 0.1) is 5.82 Å². The lowest BCUT2D eigenvalue weighted by molar-refractivity contribution is -0.138. The van der Waals surface area contributed by atoms with Crippen LogP contribution in [0.2, 0.25) is 0 Å². The standard InChI is InChI=1S/C16H22FNO3/c1-11(19)14-10-13(17)6-7-15(14)21-12(2)16(20)18-8-4-3-5-9-18/h6-7,10-12,19H,3-5,8-9H2,1-2H3. The largest absolute Gasteiger partial charge is 0.481 e. The summed E-state index contributed by atoms with van der Waals surface area (Å²) in [6.07, 6.45) is 1.70. The van der Waals surface area contributed by atoms with Crippen LogP contribution in [0.4, 0.5) is 4.39 Å². The minimum Gasteiger partial charge on any atom is -0.481 e. The zero-order chi connectivity index (χ0) is 15.4. The summed E-state index contributed by atoms with van der Waals surface area (Å²) in [7, 11) is 0. The average molecular weight is 295 g/mol. The zero-order valence-electron chi connectivity index (χ0n) is 12.5. The lowest BCUT2D eigenvalue weighted by atomic mass is 10.1. The first kappa shape index (κ1) is 15.8. The van der Waals surface area contributed by atoms with Gasteiger partial charge in [0.05, 0.1) is 6.10 Å². The highest BCUT2D eigenvalue weighted by atomic mass is 19.1. The number of hydrogen-bond acceptors (Lipinski definition) is 3. The van der Waals surface area contributed by atoms with Crippen molar-refractivity contribution in [1.82, 2.24) is 4.90 Å². The highest BCUT2D eigenvalue weighted by Crippen LogP contribution is 2.27. The molecule has 2 atom stereocenters. The van der Waals surface area contributed by atoms with Gasteiger partial charge in [-0.05, 0) is 51.3 Å². The molecule has 1 amide bonds. The molecule has 0 aliphatic carbocycles. The number of rotatable bonds is 4. The molecule has 1 heterocycles. The fraction of sp³-hybridized carbons (Fsp3) is 0.562. The van der Waals surface area contributed by atoms with Crippen molar-refractivity contribution in [3.63, 3.8) is 0 Å². The Labute approximate surface area is 124 Å². The van der Waals surface area contributed by atoms with Crippen molar-refractivity contribution < 1.29 is 19.0 Å². The molecule has 0 spiro atoms. The highest BCUT2D eigenvalue weighted by Gasteiger charge is 2.24. The van der Waals surface area contributed by atoms with Gasteiger partial charge in [-0.1, -0.05) is 0 Å². The summed E-state index contributed by atoms with van der Waals surface area (Å²) in [5, 5.41) is 9.69. The van der Waals surface area contributed by atoms with Crippen LogP contribution in [-0.4, -0.2) is 35.1 Å². The summed E-state index contributed by atoms with van der Waals surface area (Å²) in [6.45, 7) is 4.75. The molecule has 4 nitrogen and oxygen atoms in total. The summed E-state index contributed by atoms with van der Waals surface area (Å²) in [5.41, 5.74) is 0.355. The average Bonchev–Trinajstić information content (AvgIpc) is 2.49. The summed E-state index contributed by atoms with van der Waals surface area (Å²) in [5.74, 6) is -0.145. The Morgan fingerprint density at radius 2 is 1.95 bits per heavy atom. The Hall–Kier alpha value is -1.62. The van der Waals surface area contributed by atoms with Crippen molar-refractivity contribution in [3.8, 4) is 5.75 Å². The number of carbonyl (C=O) groups is 1. The van der Waals surface area contributed by atoms with Crippen molar-refractivity contribution in [2.24, 2.45) is 0 Å². The minimum atomic E-state index is -0.854. The molecule has 1 saturated heterocycles. The second-order valence-corrected chi connectivity index (χ2v) is 5.50. The predicted molar refractivity (Wildman–Crippen MR) is 77.6 cm³/mol. The van der Waals surface area contributed by atoms with E-state index in [0.717, 1.165) is 32.4 Å². The third-order valence-corrected chi connectivity index (χ3v) is 3.74. The molecular weight excluding hydrogens is 273 g/mol. The Morgan fingerprint density at radius 3 is 2.57 bits per heavy atom.